The minimum Gasteiger partial charge on any atom is -0.480 e. The van der Waals surface area contributed by atoms with Crippen LogP contribution in [0, 0.1) is 0 Å². The third-order valence-corrected chi connectivity index (χ3v) is 9.77. The zero-order valence-electron chi connectivity index (χ0n) is 34.6. The van der Waals surface area contributed by atoms with Crippen molar-refractivity contribution in [2.45, 2.75) is 225 Å². The van der Waals surface area contributed by atoms with E-state index >= 15 is 0 Å². The van der Waals surface area contributed by atoms with Crippen molar-refractivity contribution >= 4 is 17.8 Å². The molecule has 0 spiro atoms. The number of hydrogen-bond donors (Lipinski definition) is 2. The Morgan fingerprint density at radius 3 is 1.42 bits per heavy atom. The van der Waals surface area contributed by atoms with Crippen molar-refractivity contribution < 1.29 is 24.2 Å². The van der Waals surface area contributed by atoms with Crippen LogP contribution in [0.4, 0.5) is 0 Å². The standard InChI is InChI=1S/C47H83NO5/c1-3-5-7-9-11-13-15-17-18-19-20-21-22-23-25-27-29-34-38-42-47(52)53-44(39-35-31-28-26-24-16-14-12-10-8-6-4-2)40-36-32-30-33-37-41-45(49)48-43-46(50)51/h5,7,11,13,17-18,20-21,44H,3-4,6,8-10,12,14-16,19,22-43H2,1-2H3,(H,48,49)(H,50,51)/b7-5-,13-11-,18-17-,21-20-. The molecule has 0 aromatic rings. The van der Waals surface area contributed by atoms with Gasteiger partial charge in [0.25, 0.3) is 0 Å². The molecule has 0 saturated carbocycles. The number of nitrogens with one attached hydrogen (secondary N) is 1. The summed E-state index contributed by atoms with van der Waals surface area (Å²) in [6.45, 7) is 4.12. The van der Waals surface area contributed by atoms with Gasteiger partial charge >= 0.3 is 11.9 Å². The monoisotopic (exact) mass is 742 g/mol. The summed E-state index contributed by atoms with van der Waals surface area (Å²) in [5, 5.41) is 11.1. The molecule has 0 aliphatic rings. The molecule has 53 heavy (non-hydrogen) atoms. The summed E-state index contributed by atoms with van der Waals surface area (Å²) in [6, 6.07) is 0. The number of aliphatic carboxylic acids is 1. The zero-order chi connectivity index (χ0) is 38.7. The molecule has 0 fully saturated rings. The fourth-order valence-electron chi connectivity index (χ4n) is 6.51. The van der Waals surface area contributed by atoms with Gasteiger partial charge in [-0.25, -0.2) is 0 Å². The Hall–Kier alpha value is -2.63. The summed E-state index contributed by atoms with van der Waals surface area (Å²) in [5.74, 6) is -1.24. The molecule has 6 nitrogen and oxygen atoms in total. The fourth-order valence-corrected chi connectivity index (χ4v) is 6.51. The van der Waals surface area contributed by atoms with E-state index in [9.17, 15) is 14.4 Å². The van der Waals surface area contributed by atoms with Crippen molar-refractivity contribution in [1.29, 1.82) is 0 Å². The lowest BCUT2D eigenvalue weighted by atomic mass is 10.0. The van der Waals surface area contributed by atoms with Crippen LogP contribution in [0.25, 0.3) is 0 Å². The first-order valence-corrected chi connectivity index (χ1v) is 22.3. The predicted octanol–water partition coefficient (Wildman–Crippen LogP) is 13.8. The number of rotatable bonds is 40. The second-order valence-corrected chi connectivity index (χ2v) is 14.9. The summed E-state index contributed by atoms with van der Waals surface area (Å²) in [5.41, 5.74) is 0. The average Bonchev–Trinajstić information content (AvgIpc) is 3.14. The first kappa shape index (κ1) is 50.4. The molecule has 1 atom stereocenters. The van der Waals surface area contributed by atoms with Gasteiger partial charge in [0.15, 0.2) is 0 Å². The van der Waals surface area contributed by atoms with Crippen LogP contribution in [-0.4, -0.2) is 35.6 Å². The van der Waals surface area contributed by atoms with E-state index in [4.69, 9.17) is 9.84 Å². The lowest BCUT2D eigenvalue weighted by molar-refractivity contribution is -0.150. The molecule has 0 radical (unpaired) electrons. The SMILES string of the molecule is CC/C=C\C/C=C\C/C=C\C/C=C\CCCCCCCCC(=O)OC(CCCCCCCCCCCCCC)CCCCCCCC(=O)NCC(=O)O. The minimum atomic E-state index is -1.02. The minimum absolute atomic E-state index is 0.0192. The van der Waals surface area contributed by atoms with E-state index in [1.807, 2.05) is 0 Å². The number of carbonyl (C=O) groups is 3. The van der Waals surface area contributed by atoms with Gasteiger partial charge in [0.2, 0.25) is 5.91 Å². The van der Waals surface area contributed by atoms with Gasteiger partial charge in [0.05, 0.1) is 0 Å². The van der Waals surface area contributed by atoms with E-state index in [0.717, 1.165) is 96.3 Å². The molecule has 0 aliphatic carbocycles. The first-order chi connectivity index (χ1) is 26.0. The topological polar surface area (TPSA) is 92.7 Å². The van der Waals surface area contributed by atoms with Crippen molar-refractivity contribution in [3.63, 3.8) is 0 Å². The van der Waals surface area contributed by atoms with E-state index in [-0.39, 0.29) is 24.5 Å². The maximum Gasteiger partial charge on any atom is 0.322 e. The van der Waals surface area contributed by atoms with Crippen LogP contribution in [0.15, 0.2) is 48.6 Å². The van der Waals surface area contributed by atoms with Gasteiger partial charge in [-0.15, -0.1) is 0 Å². The number of hydrogen-bond acceptors (Lipinski definition) is 4. The zero-order valence-corrected chi connectivity index (χ0v) is 34.6. The van der Waals surface area contributed by atoms with Gasteiger partial charge in [0.1, 0.15) is 12.6 Å². The Balaban J connectivity index is 4.16. The summed E-state index contributed by atoms with van der Waals surface area (Å²) in [6.07, 6.45) is 53.8. The van der Waals surface area contributed by atoms with Gasteiger partial charge < -0.3 is 15.2 Å². The van der Waals surface area contributed by atoms with Crippen LogP contribution >= 0.6 is 0 Å². The van der Waals surface area contributed by atoms with Crippen molar-refractivity contribution in [2.24, 2.45) is 0 Å². The number of amides is 1. The highest BCUT2D eigenvalue weighted by Crippen LogP contribution is 2.19. The molecule has 0 aliphatic heterocycles. The summed E-state index contributed by atoms with van der Waals surface area (Å²) in [4.78, 5) is 35.1. The van der Waals surface area contributed by atoms with Crippen LogP contribution in [0.5, 0.6) is 0 Å². The largest absolute Gasteiger partial charge is 0.480 e. The van der Waals surface area contributed by atoms with Gasteiger partial charge in [-0.1, -0.05) is 178 Å². The highest BCUT2D eigenvalue weighted by atomic mass is 16.5. The van der Waals surface area contributed by atoms with E-state index < -0.39 is 5.97 Å². The number of esters is 1. The molecule has 1 unspecified atom stereocenters. The normalized spacial score (nSPS) is 12.5. The predicted molar refractivity (Wildman–Crippen MR) is 226 cm³/mol. The quantitative estimate of drug-likeness (QED) is 0.0370. The van der Waals surface area contributed by atoms with Crippen molar-refractivity contribution in [1.82, 2.24) is 5.32 Å². The van der Waals surface area contributed by atoms with E-state index in [1.54, 1.807) is 0 Å². The number of carbonyl (C=O) groups excluding carboxylic acids is 2. The number of ether oxygens (including phenoxy) is 1. The third kappa shape index (κ3) is 42.0. The van der Waals surface area contributed by atoms with E-state index in [0.29, 0.717) is 12.8 Å². The second-order valence-electron chi connectivity index (χ2n) is 14.9. The Morgan fingerprint density at radius 2 is 0.925 bits per heavy atom. The van der Waals surface area contributed by atoms with Gasteiger partial charge in [-0.3, -0.25) is 14.4 Å². The molecule has 2 N–H and O–H groups in total. The molecule has 0 bridgehead atoms. The maximum absolute atomic E-state index is 12.8. The van der Waals surface area contributed by atoms with Gasteiger partial charge in [-0.2, -0.15) is 0 Å². The molecule has 0 rings (SSSR count). The van der Waals surface area contributed by atoms with Crippen LogP contribution in [0.3, 0.4) is 0 Å². The molecule has 1 amide bonds. The third-order valence-electron chi connectivity index (χ3n) is 9.77. The van der Waals surface area contributed by atoms with Crippen LogP contribution in [0.2, 0.25) is 0 Å². The highest BCUT2D eigenvalue weighted by Gasteiger charge is 2.14. The highest BCUT2D eigenvalue weighted by molar-refractivity contribution is 5.80. The molecule has 0 aromatic heterocycles. The molecule has 306 valence electrons. The fraction of sp³-hybridized carbons (Fsp3) is 0.766. The molecule has 6 heteroatoms. The van der Waals surface area contributed by atoms with Gasteiger partial charge in [0, 0.05) is 12.8 Å². The Kier molecular flexibility index (Phi) is 40.0. The van der Waals surface area contributed by atoms with Crippen molar-refractivity contribution in [3.05, 3.63) is 48.6 Å². The van der Waals surface area contributed by atoms with Crippen LogP contribution < -0.4 is 5.32 Å². The maximum atomic E-state index is 12.8. The Bertz CT molecular complexity index is 953. The Labute approximate surface area is 327 Å². The molecular formula is C47H83NO5. The molecule has 0 aromatic carbocycles. The summed E-state index contributed by atoms with van der Waals surface area (Å²) in [7, 11) is 0. The molecule has 0 heterocycles. The number of unbranched alkanes of at least 4 members (excludes halogenated alkanes) is 21. The number of carboxylic acids is 1. The Morgan fingerprint density at radius 1 is 0.509 bits per heavy atom. The molecular weight excluding hydrogens is 659 g/mol. The lowest BCUT2D eigenvalue weighted by Crippen LogP contribution is -2.28. The smallest absolute Gasteiger partial charge is 0.322 e. The lowest BCUT2D eigenvalue weighted by Gasteiger charge is -2.18. The average molecular weight is 742 g/mol. The summed E-state index contributed by atoms with van der Waals surface area (Å²) >= 11 is 0. The van der Waals surface area contributed by atoms with Crippen molar-refractivity contribution in [3.8, 4) is 0 Å². The van der Waals surface area contributed by atoms with E-state index in [2.05, 4.69) is 67.8 Å². The second kappa shape index (κ2) is 42.1. The van der Waals surface area contributed by atoms with E-state index in [1.165, 1.54) is 96.3 Å². The van der Waals surface area contributed by atoms with Crippen molar-refractivity contribution in [2.75, 3.05) is 6.54 Å². The molecule has 0 saturated heterocycles. The van der Waals surface area contributed by atoms with Gasteiger partial charge in [-0.05, 0) is 77.0 Å². The number of allylic oxidation sites excluding steroid dienone is 8. The number of carboxylic acid groups (broad SMARTS) is 1. The van der Waals surface area contributed by atoms with Crippen LogP contribution in [-0.2, 0) is 19.1 Å². The summed E-state index contributed by atoms with van der Waals surface area (Å²) < 4.78 is 6.03. The first-order valence-electron chi connectivity index (χ1n) is 22.3. The van der Waals surface area contributed by atoms with Crippen LogP contribution in [0.1, 0.15) is 219 Å².